The number of carbonyl (C=O) groups excluding carboxylic acids is 1. The van der Waals surface area contributed by atoms with Crippen molar-refractivity contribution in [1.82, 2.24) is 10.2 Å². The number of hydrogen-bond acceptors (Lipinski definition) is 6. The van der Waals surface area contributed by atoms with Crippen molar-refractivity contribution >= 4 is 11.6 Å². The SMILES string of the molecule is Cc1ccc(-c2nnc(COc3cccc(NC(=O)c4cccc(C#N)c4)c3)o2)cc1. The Kier molecular flexibility index (Phi) is 5.72. The summed E-state index contributed by atoms with van der Waals surface area (Å²) in [5.41, 5.74) is 3.39. The lowest BCUT2D eigenvalue weighted by Gasteiger charge is -2.08. The number of benzene rings is 3. The lowest BCUT2D eigenvalue weighted by atomic mass is 10.1. The van der Waals surface area contributed by atoms with Gasteiger partial charge in [-0.1, -0.05) is 29.8 Å². The molecule has 0 unspecified atom stereocenters. The van der Waals surface area contributed by atoms with Crippen molar-refractivity contribution in [1.29, 1.82) is 5.26 Å². The molecule has 7 heteroatoms. The van der Waals surface area contributed by atoms with Gasteiger partial charge in [-0.3, -0.25) is 4.79 Å². The molecule has 0 fully saturated rings. The van der Waals surface area contributed by atoms with Crippen molar-refractivity contribution in [2.24, 2.45) is 0 Å². The number of nitriles is 1. The van der Waals surface area contributed by atoms with Gasteiger partial charge >= 0.3 is 0 Å². The molecule has 0 bridgehead atoms. The molecule has 0 aliphatic carbocycles. The fraction of sp³-hybridized carbons (Fsp3) is 0.0833. The highest BCUT2D eigenvalue weighted by atomic mass is 16.5. The summed E-state index contributed by atoms with van der Waals surface area (Å²) < 4.78 is 11.4. The summed E-state index contributed by atoms with van der Waals surface area (Å²) in [7, 11) is 0. The van der Waals surface area contributed by atoms with E-state index in [4.69, 9.17) is 14.4 Å². The molecular formula is C24H18N4O3. The third-order valence-corrected chi connectivity index (χ3v) is 4.47. The van der Waals surface area contributed by atoms with Gasteiger partial charge in [-0.25, -0.2) is 0 Å². The van der Waals surface area contributed by atoms with Crippen molar-refractivity contribution in [3.05, 3.63) is 95.4 Å². The van der Waals surface area contributed by atoms with E-state index in [0.29, 0.717) is 34.3 Å². The summed E-state index contributed by atoms with van der Waals surface area (Å²) in [6, 6.07) is 23.3. The van der Waals surface area contributed by atoms with Gasteiger partial charge in [0.1, 0.15) is 5.75 Å². The van der Waals surface area contributed by atoms with Crippen LogP contribution in [0.1, 0.15) is 27.4 Å². The third-order valence-electron chi connectivity index (χ3n) is 4.47. The molecule has 0 spiro atoms. The van der Waals surface area contributed by atoms with Crippen molar-refractivity contribution in [2.45, 2.75) is 13.5 Å². The number of amides is 1. The zero-order chi connectivity index (χ0) is 21.6. The predicted molar refractivity (Wildman–Crippen MR) is 114 cm³/mol. The summed E-state index contributed by atoms with van der Waals surface area (Å²) in [5, 5.41) is 19.9. The van der Waals surface area contributed by atoms with Crippen molar-refractivity contribution in [3.8, 4) is 23.3 Å². The summed E-state index contributed by atoms with van der Waals surface area (Å²) >= 11 is 0. The molecule has 4 aromatic rings. The second-order valence-corrected chi connectivity index (χ2v) is 6.83. The van der Waals surface area contributed by atoms with Gasteiger partial charge in [0.15, 0.2) is 6.61 Å². The minimum Gasteiger partial charge on any atom is -0.484 e. The number of rotatable bonds is 6. The summed E-state index contributed by atoms with van der Waals surface area (Å²) in [4.78, 5) is 12.4. The van der Waals surface area contributed by atoms with E-state index >= 15 is 0 Å². The van der Waals surface area contributed by atoms with E-state index in [0.717, 1.165) is 11.1 Å². The largest absolute Gasteiger partial charge is 0.484 e. The zero-order valence-electron chi connectivity index (χ0n) is 16.7. The standard InChI is InChI=1S/C24H18N4O3/c1-16-8-10-18(11-9-16)24-28-27-22(31-24)15-30-21-7-3-6-20(13-21)26-23(29)19-5-2-4-17(12-19)14-25/h2-13H,15H2,1H3,(H,26,29). The molecule has 1 N–H and O–H groups in total. The molecule has 1 heterocycles. The van der Waals surface area contributed by atoms with E-state index in [-0.39, 0.29) is 12.5 Å². The number of aryl methyl sites for hydroxylation is 1. The Bertz CT molecular complexity index is 1260. The molecular weight excluding hydrogens is 392 g/mol. The van der Waals surface area contributed by atoms with Crippen LogP contribution < -0.4 is 10.1 Å². The fourth-order valence-electron chi connectivity index (χ4n) is 2.87. The highest BCUT2D eigenvalue weighted by Crippen LogP contribution is 2.21. The Hall–Kier alpha value is -4.44. The van der Waals surface area contributed by atoms with Crippen LogP contribution in [-0.4, -0.2) is 16.1 Å². The Balaban J connectivity index is 1.39. The first-order chi connectivity index (χ1) is 15.1. The van der Waals surface area contributed by atoms with E-state index in [1.54, 1.807) is 42.5 Å². The second-order valence-electron chi connectivity index (χ2n) is 6.83. The maximum Gasteiger partial charge on any atom is 0.255 e. The molecule has 7 nitrogen and oxygen atoms in total. The third kappa shape index (κ3) is 4.95. The summed E-state index contributed by atoms with van der Waals surface area (Å²) in [6.07, 6.45) is 0. The van der Waals surface area contributed by atoms with E-state index in [1.807, 2.05) is 37.3 Å². The molecule has 31 heavy (non-hydrogen) atoms. The van der Waals surface area contributed by atoms with Crippen LogP contribution in [0.25, 0.3) is 11.5 Å². The number of carbonyl (C=O) groups is 1. The normalized spacial score (nSPS) is 10.3. The zero-order valence-corrected chi connectivity index (χ0v) is 16.7. The average molecular weight is 410 g/mol. The molecule has 0 saturated carbocycles. The van der Waals surface area contributed by atoms with Crippen LogP contribution in [0.15, 0.2) is 77.2 Å². The highest BCUT2D eigenvalue weighted by molar-refractivity contribution is 6.04. The Labute approximate surface area is 178 Å². The molecule has 0 atom stereocenters. The molecule has 0 aliphatic rings. The first-order valence-electron chi connectivity index (χ1n) is 9.54. The lowest BCUT2D eigenvalue weighted by Crippen LogP contribution is -2.12. The van der Waals surface area contributed by atoms with Gasteiger partial charge < -0.3 is 14.5 Å². The monoisotopic (exact) mass is 410 g/mol. The smallest absolute Gasteiger partial charge is 0.255 e. The molecule has 0 aliphatic heterocycles. The van der Waals surface area contributed by atoms with E-state index in [9.17, 15) is 4.79 Å². The van der Waals surface area contributed by atoms with Gasteiger partial charge in [0, 0.05) is 22.9 Å². The van der Waals surface area contributed by atoms with Crippen LogP contribution in [0.5, 0.6) is 5.75 Å². The molecule has 1 amide bonds. The average Bonchev–Trinajstić information content (AvgIpc) is 3.27. The van der Waals surface area contributed by atoms with E-state index < -0.39 is 0 Å². The van der Waals surface area contributed by atoms with Crippen LogP contribution >= 0.6 is 0 Å². The first-order valence-corrected chi connectivity index (χ1v) is 9.54. The number of nitrogens with zero attached hydrogens (tertiary/aromatic N) is 3. The molecule has 0 saturated heterocycles. The topological polar surface area (TPSA) is 101 Å². The fourth-order valence-corrected chi connectivity index (χ4v) is 2.87. The van der Waals surface area contributed by atoms with Crippen molar-refractivity contribution < 1.29 is 13.9 Å². The second kappa shape index (κ2) is 8.93. The lowest BCUT2D eigenvalue weighted by molar-refractivity contribution is 0.102. The maximum atomic E-state index is 12.4. The maximum absolute atomic E-state index is 12.4. The van der Waals surface area contributed by atoms with Gasteiger partial charge in [-0.05, 0) is 49.4 Å². The van der Waals surface area contributed by atoms with Crippen LogP contribution in [0.4, 0.5) is 5.69 Å². The number of anilines is 1. The van der Waals surface area contributed by atoms with Crippen LogP contribution in [0.3, 0.4) is 0 Å². The number of nitrogens with one attached hydrogen (secondary N) is 1. The Morgan fingerprint density at radius 3 is 2.68 bits per heavy atom. The van der Waals surface area contributed by atoms with Gasteiger partial charge in [-0.15, -0.1) is 10.2 Å². The number of aromatic nitrogens is 2. The van der Waals surface area contributed by atoms with Gasteiger partial charge in [0.25, 0.3) is 11.8 Å². The summed E-state index contributed by atoms with van der Waals surface area (Å²) in [5.74, 6) is 1.00. The first kappa shape index (κ1) is 19.9. The molecule has 0 radical (unpaired) electrons. The van der Waals surface area contributed by atoms with Gasteiger partial charge in [0.05, 0.1) is 11.6 Å². The quantitative estimate of drug-likeness (QED) is 0.492. The van der Waals surface area contributed by atoms with Gasteiger partial charge in [0.2, 0.25) is 5.89 Å². The van der Waals surface area contributed by atoms with Crippen LogP contribution in [-0.2, 0) is 6.61 Å². The summed E-state index contributed by atoms with van der Waals surface area (Å²) in [6.45, 7) is 2.11. The molecule has 1 aromatic heterocycles. The Morgan fingerprint density at radius 1 is 1.06 bits per heavy atom. The molecule has 4 rings (SSSR count). The Morgan fingerprint density at radius 2 is 1.87 bits per heavy atom. The van der Waals surface area contributed by atoms with Gasteiger partial charge in [-0.2, -0.15) is 5.26 Å². The number of ether oxygens (including phenoxy) is 1. The molecule has 152 valence electrons. The van der Waals surface area contributed by atoms with Crippen LogP contribution in [0.2, 0.25) is 0 Å². The molecule has 3 aromatic carbocycles. The van der Waals surface area contributed by atoms with Crippen LogP contribution in [0, 0.1) is 18.3 Å². The van der Waals surface area contributed by atoms with E-state index in [2.05, 4.69) is 15.5 Å². The minimum absolute atomic E-state index is 0.0977. The minimum atomic E-state index is -0.311. The number of hydrogen-bond donors (Lipinski definition) is 1. The predicted octanol–water partition coefficient (Wildman–Crippen LogP) is 4.75. The van der Waals surface area contributed by atoms with Crippen molar-refractivity contribution in [3.63, 3.8) is 0 Å². The van der Waals surface area contributed by atoms with E-state index in [1.165, 1.54) is 6.07 Å². The van der Waals surface area contributed by atoms with Crippen molar-refractivity contribution in [2.75, 3.05) is 5.32 Å². The highest BCUT2D eigenvalue weighted by Gasteiger charge is 2.10.